The average Bonchev–Trinajstić information content (AvgIpc) is 3.07. The number of thioether (sulfide) groups is 1. The molecular formula is C44H60N2O7S. The van der Waals surface area contributed by atoms with E-state index in [1.54, 1.807) is 74.1 Å². The molecule has 294 valence electrons. The normalized spacial score (nSPS) is 12.9. The fraction of sp³-hybridized carbons (Fsp3) is 0.500. The molecule has 9 nitrogen and oxygen atoms in total. The summed E-state index contributed by atoms with van der Waals surface area (Å²) in [5.74, 6) is -1.17. The van der Waals surface area contributed by atoms with Crippen molar-refractivity contribution in [2.24, 2.45) is 0 Å². The Morgan fingerprint density at radius 3 is 1.41 bits per heavy atom. The van der Waals surface area contributed by atoms with Crippen LogP contribution in [0.5, 0.6) is 0 Å². The van der Waals surface area contributed by atoms with E-state index in [0.717, 1.165) is 16.7 Å². The molecule has 54 heavy (non-hydrogen) atoms. The van der Waals surface area contributed by atoms with Crippen LogP contribution < -0.4 is 5.32 Å². The highest BCUT2D eigenvalue weighted by Crippen LogP contribution is 2.48. The van der Waals surface area contributed by atoms with Crippen LogP contribution in [-0.4, -0.2) is 76.9 Å². The lowest BCUT2D eigenvalue weighted by Crippen LogP contribution is -2.50. The number of carbonyl (C=O) groups is 4. The fourth-order valence-electron chi connectivity index (χ4n) is 6.02. The van der Waals surface area contributed by atoms with Crippen LogP contribution in [0, 0.1) is 0 Å². The van der Waals surface area contributed by atoms with Gasteiger partial charge >= 0.3 is 17.9 Å². The average molecular weight is 761 g/mol. The molecule has 0 aromatic heterocycles. The second kappa shape index (κ2) is 20.0. The molecule has 1 N–H and O–H groups in total. The van der Waals surface area contributed by atoms with E-state index < -0.39 is 45.5 Å². The van der Waals surface area contributed by atoms with Crippen LogP contribution in [0.4, 0.5) is 0 Å². The number of carbonyl (C=O) groups excluding carboxylic acids is 4. The van der Waals surface area contributed by atoms with Crippen LogP contribution in [0.3, 0.4) is 0 Å². The lowest BCUT2D eigenvalue weighted by Gasteiger charge is -2.35. The number of benzene rings is 3. The molecule has 0 heterocycles. The molecule has 0 saturated carbocycles. The Morgan fingerprint density at radius 1 is 0.611 bits per heavy atom. The molecule has 1 amide bonds. The third-order valence-corrected chi connectivity index (χ3v) is 9.59. The standard InChI is InChI=1S/C44H60N2O7S/c1-41(2,3)51-38(48)31-46(32-39(49)52-42(4,5)6)36(40(50)53-43(7,8)9)27-19-20-29-45-37(47)28-30-54-44(33-21-13-10-14-22-33,34-23-15-11-16-24-34)35-25-17-12-18-26-35/h10-18,21-26,36H,19-20,27-32H2,1-9H3,(H,45,47). The summed E-state index contributed by atoms with van der Waals surface area (Å²) in [5.41, 5.74) is 1.13. The van der Waals surface area contributed by atoms with Gasteiger partial charge in [0.15, 0.2) is 0 Å². The molecular weight excluding hydrogens is 701 g/mol. The first-order valence-electron chi connectivity index (χ1n) is 18.8. The molecule has 1 atom stereocenters. The van der Waals surface area contributed by atoms with Crippen molar-refractivity contribution in [1.29, 1.82) is 0 Å². The van der Waals surface area contributed by atoms with Gasteiger partial charge in [-0.2, -0.15) is 0 Å². The summed E-state index contributed by atoms with van der Waals surface area (Å²) in [4.78, 5) is 54.2. The first-order chi connectivity index (χ1) is 25.3. The molecule has 3 rings (SSSR count). The van der Waals surface area contributed by atoms with E-state index in [4.69, 9.17) is 14.2 Å². The summed E-state index contributed by atoms with van der Waals surface area (Å²) in [5, 5.41) is 3.04. The lowest BCUT2D eigenvalue weighted by atomic mass is 9.84. The minimum absolute atomic E-state index is 0.0641. The van der Waals surface area contributed by atoms with E-state index in [0.29, 0.717) is 38.0 Å². The Labute approximate surface area is 326 Å². The largest absolute Gasteiger partial charge is 0.459 e. The van der Waals surface area contributed by atoms with Gasteiger partial charge < -0.3 is 19.5 Å². The van der Waals surface area contributed by atoms with Crippen LogP contribution in [0.2, 0.25) is 0 Å². The van der Waals surface area contributed by atoms with Crippen molar-refractivity contribution >= 4 is 35.6 Å². The van der Waals surface area contributed by atoms with Gasteiger partial charge in [-0.05, 0) is 98.3 Å². The molecule has 0 bridgehead atoms. The third-order valence-electron chi connectivity index (χ3n) is 8.04. The molecule has 0 saturated heterocycles. The Hall–Kier alpha value is -4.15. The zero-order valence-corrected chi connectivity index (χ0v) is 34.4. The lowest BCUT2D eigenvalue weighted by molar-refractivity contribution is -0.168. The van der Waals surface area contributed by atoms with Gasteiger partial charge in [0.1, 0.15) is 22.8 Å². The number of hydrogen-bond donors (Lipinski definition) is 1. The highest BCUT2D eigenvalue weighted by atomic mass is 32.2. The van der Waals surface area contributed by atoms with Crippen molar-refractivity contribution in [3.63, 3.8) is 0 Å². The van der Waals surface area contributed by atoms with Crippen LogP contribution in [-0.2, 0) is 38.1 Å². The molecule has 0 aliphatic rings. The second-order valence-electron chi connectivity index (χ2n) is 16.4. The van der Waals surface area contributed by atoms with Crippen LogP contribution in [0.1, 0.15) is 105 Å². The van der Waals surface area contributed by atoms with Gasteiger partial charge in [-0.3, -0.25) is 24.1 Å². The number of nitrogens with zero attached hydrogens (tertiary/aromatic N) is 1. The van der Waals surface area contributed by atoms with Crippen LogP contribution in [0.25, 0.3) is 0 Å². The van der Waals surface area contributed by atoms with Crippen molar-refractivity contribution in [2.45, 2.75) is 116 Å². The Balaban J connectivity index is 1.68. The quantitative estimate of drug-likeness (QED) is 0.0596. The van der Waals surface area contributed by atoms with E-state index in [9.17, 15) is 19.2 Å². The predicted octanol–water partition coefficient (Wildman–Crippen LogP) is 8.08. The molecule has 0 spiro atoms. The maximum absolute atomic E-state index is 13.6. The molecule has 1 unspecified atom stereocenters. The van der Waals surface area contributed by atoms with Gasteiger partial charge in [0.05, 0.1) is 17.8 Å². The fourth-order valence-corrected chi connectivity index (χ4v) is 7.52. The van der Waals surface area contributed by atoms with Gasteiger partial charge in [0.25, 0.3) is 0 Å². The molecule has 3 aromatic carbocycles. The minimum Gasteiger partial charge on any atom is -0.459 e. The number of ether oxygens (including phenoxy) is 3. The van der Waals surface area contributed by atoms with Gasteiger partial charge in [-0.25, -0.2) is 0 Å². The van der Waals surface area contributed by atoms with Crippen molar-refractivity contribution in [2.75, 3.05) is 25.4 Å². The number of unbranched alkanes of at least 4 members (excludes halogenated alkanes) is 1. The van der Waals surface area contributed by atoms with Crippen molar-refractivity contribution in [1.82, 2.24) is 10.2 Å². The summed E-state index contributed by atoms with van der Waals surface area (Å²) in [6.45, 7) is 15.7. The van der Waals surface area contributed by atoms with Crippen molar-refractivity contribution < 1.29 is 33.4 Å². The van der Waals surface area contributed by atoms with Crippen molar-refractivity contribution in [3.05, 3.63) is 108 Å². The molecule has 0 aliphatic carbocycles. The number of amides is 1. The maximum atomic E-state index is 13.6. The highest BCUT2D eigenvalue weighted by molar-refractivity contribution is 8.00. The van der Waals surface area contributed by atoms with Gasteiger partial charge in [0, 0.05) is 18.7 Å². The second-order valence-corrected chi connectivity index (χ2v) is 17.7. The summed E-state index contributed by atoms with van der Waals surface area (Å²) in [7, 11) is 0. The summed E-state index contributed by atoms with van der Waals surface area (Å²) in [6.07, 6.45) is 1.71. The third kappa shape index (κ3) is 14.9. The monoisotopic (exact) mass is 760 g/mol. The molecule has 3 aromatic rings. The Kier molecular flexibility index (Phi) is 16.4. The van der Waals surface area contributed by atoms with E-state index in [1.165, 1.54) is 4.90 Å². The Bertz CT molecular complexity index is 1500. The molecule has 10 heteroatoms. The molecule has 0 aliphatic heterocycles. The SMILES string of the molecule is CC(C)(C)OC(=O)CN(CC(=O)OC(C)(C)C)C(CCCCNC(=O)CCSC(c1ccccc1)(c1ccccc1)c1ccccc1)C(=O)OC(C)(C)C. The van der Waals surface area contributed by atoms with E-state index >= 15 is 0 Å². The summed E-state index contributed by atoms with van der Waals surface area (Å²) < 4.78 is 16.3. The number of hydrogen-bond acceptors (Lipinski definition) is 9. The number of esters is 3. The van der Waals surface area contributed by atoms with Crippen molar-refractivity contribution in [3.8, 4) is 0 Å². The first kappa shape index (κ1) is 44.2. The Morgan fingerprint density at radius 2 is 1.02 bits per heavy atom. The van der Waals surface area contributed by atoms with Gasteiger partial charge in [-0.15, -0.1) is 11.8 Å². The molecule has 0 fully saturated rings. The topological polar surface area (TPSA) is 111 Å². The maximum Gasteiger partial charge on any atom is 0.323 e. The first-order valence-corrected chi connectivity index (χ1v) is 19.8. The van der Waals surface area contributed by atoms with E-state index in [-0.39, 0.29) is 19.0 Å². The van der Waals surface area contributed by atoms with Gasteiger partial charge in [0.2, 0.25) is 5.91 Å². The predicted molar refractivity (Wildman–Crippen MR) is 216 cm³/mol. The smallest absolute Gasteiger partial charge is 0.323 e. The van der Waals surface area contributed by atoms with Gasteiger partial charge in [-0.1, -0.05) is 91.0 Å². The number of nitrogens with one attached hydrogen (secondary N) is 1. The number of rotatable bonds is 18. The van der Waals surface area contributed by atoms with E-state index in [1.807, 2.05) is 54.6 Å². The molecule has 0 radical (unpaired) electrons. The zero-order chi connectivity index (χ0) is 40.0. The zero-order valence-electron chi connectivity index (χ0n) is 33.6. The summed E-state index contributed by atoms with van der Waals surface area (Å²) in [6, 6.07) is 30.2. The minimum atomic E-state index is -0.918. The highest BCUT2D eigenvalue weighted by Gasteiger charge is 2.37. The summed E-state index contributed by atoms with van der Waals surface area (Å²) >= 11 is 1.74. The van der Waals surface area contributed by atoms with Crippen LogP contribution in [0.15, 0.2) is 91.0 Å². The van der Waals surface area contributed by atoms with E-state index in [2.05, 4.69) is 41.7 Å². The van der Waals surface area contributed by atoms with Crippen LogP contribution >= 0.6 is 11.8 Å².